The molecule has 0 unspecified atom stereocenters. The molecule has 0 spiro atoms. The van der Waals surface area contributed by atoms with Crippen LogP contribution in [0.25, 0.3) is 10.9 Å². The lowest BCUT2D eigenvalue weighted by Crippen LogP contribution is -2.19. The molecule has 0 bridgehead atoms. The average molecular weight is 283 g/mol. The maximum Gasteiger partial charge on any atom is 0.341 e. The van der Waals surface area contributed by atoms with Crippen LogP contribution in [0.1, 0.15) is 22.8 Å². The Morgan fingerprint density at radius 2 is 1.90 bits per heavy atom. The smallest absolute Gasteiger partial charge is 0.341 e. The number of hydrogen-bond acceptors (Lipinski definition) is 2. The van der Waals surface area contributed by atoms with Gasteiger partial charge in [0.2, 0.25) is 5.43 Å². The molecular weight excluding hydrogens is 275 g/mol. The first kappa shape index (κ1) is 12.7. The SMILES string of the molecule is O=C(O)c1cn([C@@H]2C[C@H]2F)c2cc(F)c(F)cc2c1=O. The van der Waals surface area contributed by atoms with Gasteiger partial charge in [-0.15, -0.1) is 0 Å². The van der Waals surface area contributed by atoms with Gasteiger partial charge in [-0.05, 0) is 6.07 Å². The fraction of sp³-hybridized carbons (Fsp3) is 0.231. The molecule has 0 saturated heterocycles. The zero-order valence-electron chi connectivity index (χ0n) is 9.94. The summed E-state index contributed by atoms with van der Waals surface area (Å²) < 4.78 is 40.9. The summed E-state index contributed by atoms with van der Waals surface area (Å²) in [6, 6.07) is 0.773. The summed E-state index contributed by atoms with van der Waals surface area (Å²) in [5, 5.41) is 8.69. The number of aromatic nitrogens is 1. The molecule has 2 aromatic rings. The highest BCUT2D eigenvalue weighted by atomic mass is 19.2. The number of fused-ring (bicyclic) bond motifs is 1. The van der Waals surface area contributed by atoms with E-state index in [2.05, 4.69) is 0 Å². The van der Waals surface area contributed by atoms with Crippen LogP contribution < -0.4 is 5.43 Å². The Balaban J connectivity index is 2.41. The Kier molecular flexibility index (Phi) is 2.60. The Morgan fingerprint density at radius 1 is 1.30 bits per heavy atom. The topological polar surface area (TPSA) is 59.3 Å². The van der Waals surface area contributed by atoms with Crippen LogP contribution >= 0.6 is 0 Å². The van der Waals surface area contributed by atoms with Crippen molar-refractivity contribution >= 4 is 16.9 Å². The van der Waals surface area contributed by atoms with Crippen molar-refractivity contribution in [2.75, 3.05) is 0 Å². The largest absolute Gasteiger partial charge is 0.477 e. The van der Waals surface area contributed by atoms with E-state index in [-0.39, 0.29) is 17.3 Å². The number of aromatic carboxylic acids is 1. The van der Waals surface area contributed by atoms with Crippen LogP contribution in [0.4, 0.5) is 13.2 Å². The molecule has 1 fully saturated rings. The molecule has 0 amide bonds. The second-order valence-corrected chi connectivity index (χ2v) is 4.69. The van der Waals surface area contributed by atoms with Gasteiger partial charge in [0.1, 0.15) is 11.7 Å². The van der Waals surface area contributed by atoms with Crippen LogP contribution in [0.2, 0.25) is 0 Å². The van der Waals surface area contributed by atoms with Crippen LogP contribution in [-0.4, -0.2) is 21.8 Å². The van der Waals surface area contributed by atoms with E-state index in [0.29, 0.717) is 6.07 Å². The third-order valence-electron chi connectivity index (χ3n) is 3.34. The van der Waals surface area contributed by atoms with Crippen molar-refractivity contribution in [1.29, 1.82) is 0 Å². The molecule has 1 aliphatic carbocycles. The predicted molar refractivity (Wildman–Crippen MR) is 63.6 cm³/mol. The third-order valence-corrected chi connectivity index (χ3v) is 3.34. The first-order chi connectivity index (χ1) is 9.40. The number of rotatable bonds is 2. The second kappa shape index (κ2) is 4.09. The minimum Gasteiger partial charge on any atom is -0.477 e. The van der Waals surface area contributed by atoms with Gasteiger partial charge in [-0.1, -0.05) is 0 Å². The normalized spacial score (nSPS) is 21.1. The van der Waals surface area contributed by atoms with Gasteiger partial charge in [0.15, 0.2) is 11.6 Å². The lowest BCUT2D eigenvalue weighted by atomic mass is 10.1. The van der Waals surface area contributed by atoms with Gasteiger partial charge in [0.25, 0.3) is 0 Å². The van der Waals surface area contributed by atoms with E-state index in [1.54, 1.807) is 0 Å². The number of carboxylic acids is 1. The number of halogens is 3. The summed E-state index contributed by atoms with van der Waals surface area (Å²) in [4.78, 5) is 23.0. The van der Waals surface area contributed by atoms with Crippen LogP contribution in [-0.2, 0) is 0 Å². The van der Waals surface area contributed by atoms with Gasteiger partial charge >= 0.3 is 5.97 Å². The van der Waals surface area contributed by atoms with E-state index in [4.69, 9.17) is 5.11 Å². The molecule has 1 N–H and O–H groups in total. The highest BCUT2D eigenvalue weighted by Crippen LogP contribution is 2.40. The third kappa shape index (κ3) is 1.77. The van der Waals surface area contributed by atoms with E-state index < -0.39 is 40.8 Å². The van der Waals surface area contributed by atoms with Gasteiger partial charge in [-0.3, -0.25) is 4.79 Å². The summed E-state index contributed by atoms with van der Waals surface area (Å²) in [6.07, 6.45) is -0.0552. The molecule has 1 aromatic heterocycles. The van der Waals surface area contributed by atoms with Crippen molar-refractivity contribution in [2.24, 2.45) is 0 Å². The standard InChI is InChI=1S/C13H8F3NO3/c14-7-1-5-10(2-8(7)15)17(11-3-9(11)16)4-6(12(5)18)13(19)20/h1-2,4,9,11H,3H2,(H,19,20)/t9-,11-/m1/s1. The van der Waals surface area contributed by atoms with Gasteiger partial charge < -0.3 is 9.67 Å². The average Bonchev–Trinajstić information content (AvgIpc) is 3.09. The Labute approximate surface area is 110 Å². The number of pyridine rings is 1. The van der Waals surface area contributed by atoms with Crippen molar-refractivity contribution in [2.45, 2.75) is 18.6 Å². The van der Waals surface area contributed by atoms with Gasteiger partial charge in [-0.2, -0.15) is 0 Å². The maximum atomic E-state index is 13.3. The molecule has 4 nitrogen and oxygen atoms in total. The zero-order chi connectivity index (χ0) is 14.6. The molecule has 1 aromatic carbocycles. The number of benzene rings is 1. The van der Waals surface area contributed by atoms with Crippen LogP contribution in [0.3, 0.4) is 0 Å². The van der Waals surface area contributed by atoms with Crippen molar-refractivity contribution in [3.8, 4) is 0 Å². The summed E-state index contributed by atoms with van der Waals surface area (Å²) in [7, 11) is 0. The summed E-state index contributed by atoms with van der Waals surface area (Å²) in [6.45, 7) is 0. The molecule has 7 heteroatoms. The van der Waals surface area contributed by atoms with E-state index in [1.807, 2.05) is 0 Å². The first-order valence-electron chi connectivity index (χ1n) is 5.81. The maximum absolute atomic E-state index is 13.3. The van der Waals surface area contributed by atoms with Crippen molar-refractivity contribution < 1.29 is 23.1 Å². The van der Waals surface area contributed by atoms with Crippen molar-refractivity contribution in [3.63, 3.8) is 0 Å². The monoisotopic (exact) mass is 283 g/mol. The van der Waals surface area contributed by atoms with Crippen molar-refractivity contribution in [1.82, 2.24) is 4.57 Å². The van der Waals surface area contributed by atoms with Crippen LogP contribution in [0.15, 0.2) is 23.1 Å². The molecule has 0 aliphatic heterocycles. The number of carboxylic acid groups (broad SMARTS) is 1. The second-order valence-electron chi connectivity index (χ2n) is 4.69. The van der Waals surface area contributed by atoms with Gasteiger partial charge in [0, 0.05) is 24.1 Å². The highest BCUT2D eigenvalue weighted by Gasteiger charge is 2.40. The van der Waals surface area contributed by atoms with E-state index >= 15 is 0 Å². The Hall–Kier alpha value is -2.31. The molecule has 0 radical (unpaired) electrons. The lowest BCUT2D eigenvalue weighted by molar-refractivity contribution is 0.0694. The molecule has 1 aliphatic rings. The number of hydrogen-bond donors (Lipinski definition) is 1. The van der Waals surface area contributed by atoms with Crippen LogP contribution in [0, 0.1) is 11.6 Å². The minimum absolute atomic E-state index is 0.0101. The zero-order valence-corrected chi connectivity index (χ0v) is 9.94. The number of nitrogens with zero attached hydrogens (tertiary/aromatic N) is 1. The summed E-state index contributed by atoms with van der Waals surface area (Å²) in [5.74, 6) is -3.92. The quantitative estimate of drug-likeness (QED) is 0.919. The van der Waals surface area contributed by atoms with Crippen molar-refractivity contribution in [3.05, 3.63) is 45.8 Å². The van der Waals surface area contributed by atoms with Gasteiger partial charge in [0.05, 0.1) is 11.6 Å². The molecule has 1 heterocycles. The number of alkyl halides is 1. The Bertz CT molecular complexity index is 800. The van der Waals surface area contributed by atoms with Gasteiger partial charge in [-0.25, -0.2) is 18.0 Å². The van der Waals surface area contributed by atoms with E-state index in [1.165, 1.54) is 4.57 Å². The molecule has 1 saturated carbocycles. The van der Waals surface area contributed by atoms with Crippen LogP contribution in [0.5, 0.6) is 0 Å². The highest BCUT2D eigenvalue weighted by molar-refractivity contribution is 5.92. The fourth-order valence-corrected chi connectivity index (χ4v) is 2.21. The lowest BCUT2D eigenvalue weighted by Gasteiger charge is -2.11. The first-order valence-corrected chi connectivity index (χ1v) is 5.81. The fourth-order valence-electron chi connectivity index (χ4n) is 2.21. The molecule has 2 atom stereocenters. The molecule has 104 valence electrons. The Morgan fingerprint density at radius 3 is 2.45 bits per heavy atom. The number of carbonyl (C=O) groups is 1. The minimum atomic E-state index is -1.49. The summed E-state index contributed by atoms with van der Waals surface area (Å²) >= 11 is 0. The molecular formula is C13H8F3NO3. The molecule has 3 rings (SSSR count). The van der Waals surface area contributed by atoms with E-state index in [0.717, 1.165) is 12.3 Å². The molecule has 20 heavy (non-hydrogen) atoms. The van der Waals surface area contributed by atoms with E-state index in [9.17, 15) is 22.8 Å². The summed E-state index contributed by atoms with van der Waals surface area (Å²) in [5.41, 5.74) is -1.52. The predicted octanol–water partition coefficient (Wildman–Crippen LogP) is 2.26.